The first-order valence-corrected chi connectivity index (χ1v) is 3.23. The van der Waals surface area contributed by atoms with Gasteiger partial charge in [0.2, 0.25) is 0 Å². The van der Waals surface area contributed by atoms with E-state index in [4.69, 9.17) is 10.2 Å². The highest BCUT2D eigenvalue weighted by Gasteiger charge is 2.21. The van der Waals surface area contributed by atoms with Gasteiger partial charge in [-0.15, -0.1) is 0 Å². The Kier molecular flexibility index (Phi) is 2.05. The molecule has 0 saturated heterocycles. The van der Waals surface area contributed by atoms with Crippen molar-refractivity contribution in [1.29, 1.82) is 0 Å². The number of rotatable bonds is 1. The lowest BCUT2D eigenvalue weighted by Gasteiger charge is -2.12. The van der Waals surface area contributed by atoms with Crippen LogP contribution in [0.4, 0.5) is 0 Å². The van der Waals surface area contributed by atoms with Crippen molar-refractivity contribution < 1.29 is 19.8 Å². The zero-order valence-corrected chi connectivity index (χ0v) is 5.78. The van der Waals surface area contributed by atoms with Crippen LogP contribution in [0, 0.1) is 0 Å². The summed E-state index contributed by atoms with van der Waals surface area (Å²) in [4.78, 5) is 21.0. The van der Waals surface area contributed by atoms with E-state index >= 15 is 0 Å². The summed E-state index contributed by atoms with van der Waals surface area (Å²) < 4.78 is 0. The molecule has 0 spiro atoms. The number of hydrogen-bond donors (Lipinski definition) is 2. The fourth-order valence-electron chi connectivity index (χ4n) is 1.01. The van der Waals surface area contributed by atoms with Crippen molar-refractivity contribution in [3.05, 3.63) is 11.6 Å². The largest absolute Gasteiger partial charge is 0.478 e. The molecule has 4 heteroatoms. The summed E-state index contributed by atoms with van der Waals surface area (Å²) in [7, 11) is 0. The fraction of sp³-hybridized carbons (Fsp3) is 0.429. The van der Waals surface area contributed by atoms with Gasteiger partial charge in [0.05, 0.1) is 6.10 Å². The van der Waals surface area contributed by atoms with Gasteiger partial charge in [0, 0.05) is 18.4 Å². The van der Waals surface area contributed by atoms with Crippen LogP contribution in [0.3, 0.4) is 0 Å². The van der Waals surface area contributed by atoms with Crippen LogP contribution in [-0.2, 0) is 9.59 Å². The van der Waals surface area contributed by atoms with Crippen LogP contribution in [0.1, 0.15) is 12.8 Å². The third-order valence-corrected chi connectivity index (χ3v) is 1.49. The molecule has 0 aromatic carbocycles. The molecule has 0 radical (unpaired) electrons. The van der Waals surface area contributed by atoms with E-state index in [1.165, 1.54) is 6.08 Å². The van der Waals surface area contributed by atoms with Gasteiger partial charge in [0.15, 0.2) is 0 Å². The van der Waals surface area contributed by atoms with Crippen molar-refractivity contribution in [3.63, 3.8) is 0 Å². The standard InChI is InChI=1S/C7H8O4/c8-5-1-4(7(10)11)2-6(9)3-5/h1,5,8H,2-3H2,(H,10,11). The summed E-state index contributed by atoms with van der Waals surface area (Å²) in [5.74, 6) is -1.35. The van der Waals surface area contributed by atoms with Crippen LogP contribution < -0.4 is 0 Å². The minimum Gasteiger partial charge on any atom is -0.478 e. The number of carbonyl (C=O) groups excluding carboxylic acids is 1. The Morgan fingerprint density at radius 2 is 2.27 bits per heavy atom. The molecule has 0 heterocycles. The number of carbonyl (C=O) groups is 2. The Labute approximate surface area is 63.1 Å². The summed E-state index contributed by atoms with van der Waals surface area (Å²) in [6.07, 6.45) is 0.273. The first kappa shape index (κ1) is 7.94. The molecule has 1 unspecified atom stereocenters. The molecule has 0 fully saturated rings. The Morgan fingerprint density at radius 3 is 2.73 bits per heavy atom. The zero-order chi connectivity index (χ0) is 8.43. The van der Waals surface area contributed by atoms with Crippen molar-refractivity contribution in [2.24, 2.45) is 0 Å². The lowest BCUT2D eigenvalue weighted by molar-refractivity contribution is -0.134. The minimum absolute atomic E-state index is 0.00579. The second-order valence-corrected chi connectivity index (χ2v) is 2.48. The number of aliphatic hydroxyl groups excluding tert-OH is 1. The molecular weight excluding hydrogens is 148 g/mol. The maximum absolute atomic E-state index is 10.7. The molecule has 60 valence electrons. The van der Waals surface area contributed by atoms with Crippen LogP contribution in [0.2, 0.25) is 0 Å². The van der Waals surface area contributed by atoms with E-state index in [0.717, 1.165) is 0 Å². The van der Waals surface area contributed by atoms with E-state index in [-0.39, 0.29) is 24.2 Å². The highest BCUT2D eigenvalue weighted by atomic mass is 16.4. The van der Waals surface area contributed by atoms with Gasteiger partial charge < -0.3 is 10.2 Å². The van der Waals surface area contributed by atoms with Crippen LogP contribution in [0.5, 0.6) is 0 Å². The average molecular weight is 156 g/mol. The first-order valence-electron chi connectivity index (χ1n) is 3.23. The predicted molar refractivity (Wildman–Crippen MR) is 36.0 cm³/mol. The summed E-state index contributed by atoms with van der Waals surface area (Å²) in [5, 5.41) is 17.4. The normalized spacial score (nSPS) is 24.6. The monoisotopic (exact) mass is 156 g/mol. The molecular formula is C7H8O4. The third kappa shape index (κ3) is 1.88. The molecule has 11 heavy (non-hydrogen) atoms. The summed E-state index contributed by atoms with van der Waals surface area (Å²) >= 11 is 0. The molecule has 0 saturated carbocycles. The predicted octanol–water partition coefficient (Wildman–Crippen LogP) is -0.279. The SMILES string of the molecule is O=C1CC(C(=O)O)=CC(O)C1. The molecule has 2 N–H and O–H groups in total. The van der Waals surface area contributed by atoms with Gasteiger partial charge in [-0.1, -0.05) is 0 Å². The lowest BCUT2D eigenvalue weighted by atomic mass is 9.96. The number of carboxylic acid groups (broad SMARTS) is 1. The summed E-state index contributed by atoms with van der Waals surface area (Å²) in [6, 6.07) is 0. The summed E-state index contributed by atoms with van der Waals surface area (Å²) in [5.41, 5.74) is -0.00579. The van der Waals surface area contributed by atoms with Crippen molar-refractivity contribution in [3.8, 4) is 0 Å². The maximum Gasteiger partial charge on any atom is 0.331 e. The third-order valence-electron chi connectivity index (χ3n) is 1.49. The Morgan fingerprint density at radius 1 is 1.64 bits per heavy atom. The zero-order valence-electron chi connectivity index (χ0n) is 5.78. The van der Waals surface area contributed by atoms with Crippen LogP contribution in [-0.4, -0.2) is 28.1 Å². The molecule has 1 atom stereocenters. The topological polar surface area (TPSA) is 74.6 Å². The molecule has 0 aliphatic heterocycles. The number of ketones is 1. The Balaban J connectivity index is 2.80. The smallest absolute Gasteiger partial charge is 0.331 e. The molecule has 0 amide bonds. The highest BCUT2D eigenvalue weighted by Crippen LogP contribution is 2.14. The van der Waals surface area contributed by atoms with Gasteiger partial charge in [0.1, 0.15) is 5.78 Å². The van der Waals surface area contributed by atoms with Crippen molar-refractivity contribution in [1.82, 2.24) is 0 Å². The number of Topliss-reactive ketones (excluding diaryl/α,β-unsaturated/α-hetero) is 1. The van der Waals surface area contributed by atoms with Gasteiger partial charge in [-0.3, -0.25) is 4.79 Å². The molecule has 0 aromatic heterocycles. The van der Waals surface area contributed by atoms with Crippen LogP contribution in [0.15, 0.2) is 11.6 Å². The Hall–Kier alpha value is -1.16. The maximum atomic E-state index is 10.7. The first-order chi connectivity index (χ1) is 5.09. The average Bonchev–Trinajstić information content (AvgIpc) is 1.85. The lowest BCUT2D eigenvalue weighted by Crippen LogP contribution is -2.20. The second-order valence-electron chi connectivity index (χ2n) is 2.48. The number of aliphatic carboxylic acids is 1. The second kappa shape index (κ2) is 2.84. The van der Waals surface area contributed by atoms with Gasteiger partial charge in [-0.05, 0) is 6.08 Å². The van der Waals surface area contributed by atoms with E-state index in [1.54, 1.807) is 0 Å². The fourth-order valence-corrected chi connectivity index (χ4v) is 1.01. The minimum atomic E-state index is -1.13. The van der Waals surface area contributed by atoms with Gasteiger partial charge >= 0.3 is 5.97 Å². The molecule has 0 bridgehead atoms. The van der Waals surface area contributed by atoms with E-state index in [1.807, 2.05) is 0 Å². The van der Waals surface area contributed by atoms with E-state index in [2.05, 4.69) is 0 Å². The quantitative estimate of drug-likeness (QED) is 0.547. The molecule has 1 aliphatic carbocycles. The van der Waals surface area contributed by atoms with Crippen molar-refractivity contribution >= 4 is 11.8 Å². The van der Waals surface area contributed by atoms with Crippen LogP contribution >= 0.6 is 0 Å². The highest BCUT2D eigenvalue weighted by molar-refractivity contribution is 5.96. The van der Waals surface area contributed by atoms with Gasteiger partial charge in [-0.2, -0.15) is 0 Å². The van der Waals surface area contributed by atoms with E-state index in [0.29, 0.717) is 0 Å². The van der Waals surface area contributed by atoms with Crippen LogP contribution in [0.25, 0.3) is 0 Å². The van der Waals surface area contributed by atoms with Gasteiger partial charge in [-0.25, -0.2) is 4.79 Å². The molecule has 0 aromatic rings. The molecule has 1 aliphatic rings. The number of aliphatic hydroxyl groups is 1. The van der Waals surface area contributed by atoms with Crippen molar-refractivity contribution in [2.75, 3.05) is 0 Å². The van der Waals surface area contributed by atoms with E-state index < -0.39 is 12.1 Å². The molecule has 1 rings (SSSR count). The van der Waals surface area contributed by atoms with Crippen molar-refractivity contribution in [2.45, 2.75) is 18.9 Å². The molecule has 4 nitrogen and oxygen atoms in total. The number of hydrogen-bond acceptors (Lipinski definition) is 3. The van der Waals surface area contributed by atoms with E-state index in [9.17, 15) is 9.59 Å². The Bertz CT molecular complexity index is 229. The number of carboxylic acids is 1. The summed E-state index contributed by atoms with van der Waals surface area (Å²) in [6.45, 7) is 0. The van der Waals surface area contributed by atoms with Gasteiger partial charge in [0.25, 0.3) is 0 Å².